The molecule has 4 rings (SSSR count). The fourth-order valence-corrected chi connectivity index (χ4v) is 4.01. The van der Waals surface area contributed by atoms with Gasteiger partial charge < -0.3 is 19.7 Å². The summed E-state index contributed by atoms with van der Waals surface area (Å²) in [6, 6.07) is 11.2. The highest BCUT2D eigenvalue weighted by molar-refractivity contribution is 6.52. The number of aromatic hydroxyl groups is 1. The van der Waals surface area contributed by atoms with Crippen LogP contribution in [-0.4, -0.2) is 41.1 Å². The van der Waals surface area contributed by atoms with Crippen molar-refractivity contribution in [2.75, 3.05) is 19.1 Å². The largest absolute Gasteiger partial charge is 0.506 e. The van der Waals surface area contributed by atoms with Gasteiger partial charge in [-0.1, -0.05) is 23.7 Å². The Morgan fingerprint density at radius 1 is 1.06 bits per heavy atom. The number of rotatable bonds is 5. The standard InChI is InChI=1S/C24H19ClN2O6/c1-32-17-6-3-7-18(33-2)19(17)22(29)20-21(13-5-4-10-26-12-13)27(24(31)23(20)30)15-11-14(25)8-9-16(15)28/h3-12,21,28-29H,1-2H3/b22-20+. The van der Waals surface area contributed by atoms with Gasteiger partial charge in [-0.25, -0.2) is 0 Å². The van der Waals surface area contributed by atoms with Crippen LogP contribution in [0.5, 0.6) is 17.2 Å². The van der Waals surface area contributed by atoms with Gasteiger partial charge in [0.15, 0.2) is 0 Å². The van der Waals surface area contributed by atoms with Crippen LogP contribution in [0.2, 0.25) is 5.02 Å². The molecule has 0 saturated carbocycles. The molecule has 0 aliphatic carbocycles. The maximum Gasteiger partial charge on any atom is 0.300 e. The van der Waals surface area contributed by atoms with Gasteiger partial charge in [-0.15, -0.1) is 0 Å². The monoisotopic (exact) mass is 466 g/mol. The lowest BCUT2D eigenvalue weighted by molar-refractivity contribution is -0.132. The zero-order valence-electron chi connectivity index (χ0n) is 17.7. The molecular formula is C24H19ClN2O6. The van der Waals surface area contributed by atoms with Crippen molar-refractivity contribution in [1.82, 2.24) is 4.98 Å². The Morgan fingerprint density at radius 3 is 2.36 bits per heavy atom. The van der Waals surface area contributed by atoms with E-state index in [1.807, 2.05) is 0 Å². The first-order chi connectivity index (χ1) is 15.9. The molecule has 1 aliphatic rings. The number of hydrogen-bond donors (Lipinski definition) is 2. The first-order valence-corrected chi connectivity index (χ1v) is 10.2. The van der Waals surface area contributed by atoms with Gasteiger partial charge in [-0.3, -0.25) is 19.5 Å². The van der Waals surface area contributed by atoms with Crippen molar-refractivity contribution in [3.05, 3.63) is 82.6 Å². The predicted octanol–water partition coefficient (Wildman–Crippen LogP) is 4.08. The molecule has 168 valence electrons. The normalized spacial score (nSPS) is 17.3. The van der Waals surface area contributed by atoms with E-state index >= 15 is 0 Å². The van der Waals surface area contributed by atoms with Gasteiger partial charge in [-0.2, -0.15) is 0 Å². The number of carbonyl (C=O) groups is 2. The number of anilines is 1. The number of carbonyl (C=O) groups excluding carboxylic acids is 2. The molecule has 1 fully saturated rings. The molecule has 9 heteroatoms. The van der Waals surface area contributed by atoms with Crippen LogP contribution in [0.15, 0.2) is 66.5 Å². The highest BCUT2D eigenvalue weighted by Crippen LogP contribution is 2.47. The summed E-state index contributed by atoms with van der Waals surface area (Å²) in [7, 11) is 2.82. The van der Waals surface area contributed by atoms with Crippen LogP contribution in [0.4, 0.5) is 5.69 Å². The molecule has 1 aromatic heterocycles. The van der Waals surface area contributed by atoms with Gasteiger partial charge in [0.1, 0.15) is 28.6 Å². The van der Waals surface area contributed by atoms with Gasteiger partial charge in [-0.05, 0) is 42.0 Å². The fourth-order valence-electron chi connectivity index (χ4n) is 3.84. The number of aliphatic hydroxyl groups excluding tert-OH is 1. The van der Waals surface area contributed by atoms with Crippen molar-refractivity contribution in [3.63, 3.8) is 0 Å². The van der Waals surface area contributed by atoms with Crippen molar-refractivity contribution < 1.29 is 29.3 Å². The van der Waals surface area contributed by atoms with Crippen LogP contribution in [0.25, 0.3) is 5.76 Å². The Balaban J connectivity index is 2.03. The molecule has 0 bridgehead atoms. The van der Waals surface area contributed by atoms with Crippen LogP contribution < -0.4 is 14.4 Å². The number of halogens is 1. The highest BCUT2D eigenvalue weighted by atomic mass is 35.5. The topological polar surface area (TPSA) is 109 Å². The Morgan fingerprint density at radius 2 is 1.76 bits per heavy atom. The van der Waals surface area contributed by atoms with Crippen LogP contribution in [0, 0.1) is 0 Å². The summed E-state index contributed by atoms with van der Waals surface area (Å²) >= 11 is 6.11. The molecular weight excluding hydrogens is 448 g/mol. The average Bonchev–Trinajstić information content (AvgIpc) is 3.10. The number of methoxy groups -OCH3 is 2. The summed E-state index contributed by atoms with van der Waals surface area (Å²) in [4.78, 5) is 31.6. The molecule has 0 radical (unpaired) electrons. The summed E-state index contributed by atoms with van der Waals surface area (Å²) in [6.07, 6.45) is 3.01. The van der Waals surface area contributed by atoms with E-state index in [-0.39, 0.29) is 39.1 Å². The number of ketones is 1. The second kappa shape index (κ2) is 8.84. The first-order valence-electron chi connectivity index (χ1n) is 9.79. The van der Waals surface area contributed by atoms with Crippen molar-refractivity contribution in [3.8, 4) is 17.2 Å². The van der Waals surface area contributed by atoms with Crippen LogP contribution in [0.3, 0.4) is 0 Å². The molecule has 1 unspecified atom stereocenters. The second-order valence-corrected chi connectivity index (χ2v) is 7.56. The number of aliphatic hydroxyl groups is 1. The second-order valence-electron chi connectivity index (χ2n) is 7.13. The zero-order chi connectivity index (χ0) is 23.7. The molecule has 1 atom stereocenters. The Bertz CT molecular complexity index is 1250. The predicted molar refractivity (Wildman–Crippen MR) is 122 cm³/mol. The lowest BCUT2D eigenvalue weighted by Crippen LogP contribution is -2.29. The molecule has 0 spiro atoms. The number of nitrogens with zero attached hydrogens (tertiary/aromatic N) is 2. The molecule has 1 aliphatic heterocycles. The first kappa shape index (κ1) is 22.2. The number of phenols is 1. The van der Waals surface area contributed by atoms with E-state index in [4.69, 9.17) is 21.1 Å². The van der Waals surface area contributed by atoms with E-state index in [2.05, 4.69) is 4.98 Å². The number of ether oxygens (including phenoxy) is 2. The maximum absolute atomic E-state index is 13.3. The molecule has 2 N–H and O–H groups in total. The summed E-state index contributed by atoms with van der Waals surface area (Å²) in [5.74, 6) is -2.15. The third kappa shape index (κ3) is 3.74. The van der Waals surface area contributed by atoms with Crippen molar-refractivity contribution in [2.24, 2.45) is 0 Å². The van der Waals surface area contributed by atoms with E-state index in [9.17, 15) is 19.8 Å². The van der Waals surface area contributed by atoms with Crippen LogP contribution >= 0.6 is 11.6 Å². The number of Topliss-reactive ketones (excluding diaryl/α,β-unsaturated/α-hetero) is 1. The van der Waals surface area contributed by atoms with E-state index in [0.717, 1.165) is 4.90 Å². The Hall–Kier alpha value is -4.04. The van der Waals surface area contributed by atoms with E-state index in [1.54, 1.807) is 30.3 Å². The molecule has 33 heavy (non-hydrogen) atoms. The lowest BCUT2D eigenvalue weighted by atomic mass is 9.95. The highest BCUT2D eigenvalue weighted by Gasteiger charge is 2.48. The Kier molecular flexibility index (Phi) is 5.93. The van der Waals surface area contributed by atoms with Gasteiger partial charge in [0.2, 0.25) is 0 Å². The zero-order valence-corrected chi connectivity index (χ0v) is 18.4. The summed E-state index contributed by atoms with van der Waals surface area (Å²) in [5, 5.41) is 22.1. The lowest BCUT2D eigenvalue weighted by Gasteiger charge is -2.26. The maximum atomic E-state index is 13.3. The third-order valence-corrected chi connectivity index (χ3v) is 5.54. The average molecular weight is 467 g/mol. The SMILES string of the molecule is COc1cccc(OC)c1/C(O)=C1\C(=O)C(=O)N(c2cc(Cl)ccc2O)C1c1cccnc1. The number of amides is 1. The molecule has 2 aromatic carbocycles. The van der Waals surface area contributed by atoms with Crippen LogP contribution in [0.1, 0.15) is 17.2 Å². The molecule has 1 amide bonds. The van der Waals surface area contributed by atoms with Crippen molar-refractivity contribution in [1.29, 1.82) is 0 Å². The minimum absolute atomic E-state index is 0.0181. The number of aromatic nitrogens is 1. The van der Waals surface area contributed by atoms with Gasteiger partial charge in [0, 0.05) is 17.4 Å². The summed E-state index contributed by atoms with van der Waals surface area (Å²) in [6.45, 7) is 0. The van der Waals surface area contributed by atoms with Crippen LogP contribution in [-0.2, 0) is 9.59 Å². The van der Waals surface area contributed by atoms with E-state index < -0.39 is 23.5 Å². The van der Waals surface area contributed by atoms with E-state index in [0.29, 0.717) is 5.56 Å². The third-order valence-electron chi connectivity index (χ3n) is 5.31. The van der Waals surface area contributed by atoms with Gasteiger partial charge >= 0.3 is 0 Å². The van der Waals surface area contributed by atoms with Crippen molar-refractivity contribution >= 4 is 34.7 Å². The number of hydrogen-bond acceptors (Lipinski definition) is 7. The minimum atomic E-state index is -1.10. The molecule has 8 nitrogen and oxygen atoms in total. The smallest absolute Gasteiger partial charge is 0.300 e. The minimum Gasteiger partial charge on any atom is -0.506 e. The van der Waals surface area contributed by atoms with E-state index in [1.165, 1.54) is 44.8 Å². The molecule has 3 aromatic rings. The number of phenolic OH excluding ortho intramolecular Hbond substituents is 1. The number of pyridine rings is 1. The number of benzene rings is 2. The molecule has 1 saturated heterocycles. The van der Waals surface area contributed by atoms with Crippen molar-refractivity contribution in [2.45, 2.75) is 6.04 Å². The van der Waals surface area contributed by atoms with Gasteiger partial charge in [0.25, 0.3) is 11.7 Å². The van der Waals surface area contributed by atoms with Gasteiger partial charge in [0.05, 0.1) is 31.5 Å². The summed E-state index contributed by atoms with van der Waals surface area (Å²) in [5.41, 5.74) is 0.357. The summed E-state index contributed by atoms with van der Waals surface area (Å²) < 4.78 is 10.7. The Labute approximate surface area is 194 Å². The fraction of sp³-hybridized carbons (Fsp3) is 0.125. The quantitative estimate of drug-likeness (QED) is 0.331. The molecule has 2 heterocycles.